The molecule has 0 aromatic heterocycles. The lowest BCUT2D eigenvalue weighted by Crippen LogP contribution is -2.54. The van der Waals surface area contributed by atoms with Crippen LogP contribution in [-0.2, 0) is 14.9 Å². The Morgan fingerprint density at radius 2 is 1.95 bits per heavy atom. The molecule has 0 aromatic rings. The zero-order valence-corrected chi connectivity index (χ0v) is 12.6. The van der Waals surface area contributed by atoms with E-state index in [1.807, 2.05) is 13.8 Å². The Hall–Kier alpha value is -0.210. The van der Waals surface area contributed by atoms with E-state index in [2.05, 4.69) is 10.0 Å². The smallest absolute Gasteiger partial charge is 0.279 e. The van der Waals surface area contributed by atoms with Gasteiger partial charge in [0, 0.05) is 25.7 Å². The first kappa shape index (κ1) is 15.2. The number of piperidine rings is 1. The third-order valence-corrected chi connectivity index (χ3v) is 5.16. The van der Waals surface area contributed by atoms with Gasteiger partial charge < -0.3 is 10.1 Å². The van der Waals surface area contributed by atoms with E-state index in [4.69, 9.17) is 4.74 Å². The van der Waals surface area contributed by atoms with Gasteiger partial charge in [0.05, 0.1) is 12.2 Å². The van der Waals surface area contributed by atoms with E-state index in [0.29, 0.717) is 19.6 Å². The van der Waals surface area contributed by atoms with Crippen LogP contribution in [-0.4, -0.2) is 57.2 Å². The normalized spacial score (nSPS) is 34.3. The van der Waals surface area contributed by atoms with E-state index < -0.39 is 10.2 Å². The van der Waals surface area contributed by atoms with Crippen LogP contribution in [0.1, 0.15) is 33.1 Å². The summed E-state index contributed by atoms with van der Waals surface area (Å²) in [4.78, 5) is 0. The van der Waals surface area contributed by atoms with Crippen LogP contribution in [0.25, 0.3) is 0 Å². The van der Waals surface area contributed by atoms with Crippen LogP contribution >= 0.6 is 0 Å². The maximum absolute atomic E-state index is 12.3. The van der Waals surface area contributed by atoms with Crippen molar-refractivity contribution in [2.75, 3.05) is 26.2 Å². The fourth-order valence-corrected chi connectivity index (χ4v) is 4.13. The number of hydrogen-bond acceptors (Lipinski definition) is 4. The lowest BCUT2D eigenvalue weighted by atomic mass is 10.1. The lowest BCUT2D eigenvalue weighted by molar-refractivity contribution is -0.0444. The van der Waals surface area contributed by atoms with Gasteiger partial charge in [-0.25, -0.2) is 4.72 Å². The molecule has 3 unspecified atom stereocenters. The van der Waals surface area contributed by atoms with E-state index in [1.54, 1.807) is 0 Å². The molecule has 0 radical (unpaired) electrons. The van der Waals surface area contributed by atoms with Gasteiger partial charge in [0.2, 0.25) is 0 Å². The minimum Gasteiger partial charge on any atom is -0.373 e. The summed E-state index contributed by atoms with van der Waals surface area (Å²) in [5.41, 5.74) is 0. The molecule has 112 valence electrons. The molecular formula is C12H25N3O3S. The second kappa shape index (κ2) is 6.49. The van der Waals surface area contributed by atoms with Crippen LogP contribution in [0.4, 0.5) is 0 Å². The molecule has 2 aliphatic heterocycles. The van der Waals surface area contributed by atoms with Crippen molar-refractivity contribution in [3.63, 3.8) is 0 Å². The van der Waals surface area contributed by atoms with Crippen LogP contribution in [0.15, 0.2) is 0 Å². The highest BCUT2D eigenvalue weighted by Gasteiger charge is 2.31. The van der Waals surface area contributed by atoms with Crippen LogP contribution in [0.5, 0.6) is 0 Å². The first-order valence-electron chi connectivity index (χ1n) is 7.11. The Morgan fingerprint density at radius 3 is 2.53 bits per heavy atom. The summed E-state index contributed by atoms with van der Waals surface area (Å²) < 4.78 is 34.3. The fraction of sp³-hybridized carbons (Fsp3) is 1.00. The van der Waals surface area contributed by atoms with Gasteiger partial charge in [-0.3, -0.25) is 0 Å². The van der Waals surface area contributed by atoms with E-state index in [9.17, 15) is 8.42 Å². The monoisotopic (exact) mass is 291 g/mol. The van der Waals surface area contributed by atoms with Crippen LogP contribution in [0, 0.1) is 0 Å². The zero-order chi connectivity index (χ0) is 13.9. The molecule has 2 aliphatic rings. The highest BCUT2D eigenvalue weighted by atomic mass is 32.2. The van der Waals surface area contributed by atoms with Crippen molar-refractivity contribution in [2.45, 2.75) is 51.4 Å². The molecule has 0 amide bonds. The molecular weight excluding hydrogens is 266 g/mol. The Kier molecular flexibility index (Phi) is 5.19. The summed E-state index contributed by atoms with van der Waals surface area (Å²) in [5, 5.41) is 3.34. The van der Waals surface area contributed by atoms with Crippen molar-refractivity contribution in [3.05, 3.63) is 0 Å². The molecule has 7 heteroatoms. The number of rotatable bonds is 4. The van der Waals surface area contributed by atoms with Crippen molar-refractivity contribution < 1.29 is 13.2 Å². The summed E-state index contributed by atoms with van der Waals surface area (Å²) >= 11 is 0. The predicted octanol–water partition coefficient (Wildman–Crippen LogP) is 0.0721. The SMILES string of the molecule is CC1CN(S(=O)(=O)NCC2CCCCN2)CC(C)O1. The second-order valence-electron chi connectivity index (χ2n) is 5.57. The van der Waals surface area contributed by atoms with Crippen LogP contribution in [0.2, 0.25) is 0 Å². The second-order valence-corrected chi connectivity index (χ2v) is 7.33. The van der Waals surface area contributed by atoms with E-state index in [-0.39, 0.29) is 18.2 Å². The Morgan fingerprint density at radius 1 is 1.26 bits per heavy atom. The molecule has 6 nitrogen and oxygen atoms in total. The minimum atomic E-state index is -3.39. The summed E-state index contributed by atoms with van der Waals surface area (Å²) in [6.45, 7) is 6.12. The zero-order valence-electron chi connectivity index (χ0n) is 11.8. The van der Waals surface area contributed by atoms with Crippen molar-refractivity contribution in [2.24, 2.45) is 0 Å². The van der Waals surface area contributed by atoms with Gasteiger partial charge in [-0.1, -0.05) is 6.42 Å². The molecule has 0 bridgehead atoms. The molecule has 19 heavy (non-hydrogen) atoms. The van der Waals surface area contributed by atoms with Crippen LogP contribution < -0.4 is 10.0 Å². The molecule has 2 fully saturated rings. The highest BCUT2D eigenvalue weighted by molar-refractivity contribution is 7.87. The highest BCUT2D eigenvalue weighted by Crippen LogP contribution is 2.14. The van der Waals surface area contributed by atoms with Crippen LogP contribution in [0.3, 0.4) is 0 Å². The molecule has 3 atom stereocenters. The van der Waals surface area contributed by atoms with Gasteiger partial charge in [-0.05, 0) is 33.2 Å². The minimum absolute atomic E-state index is 0.0480. The van der Waals surface area contributed by atoms with Gasteiger partial charge in [-0.2, -0.15) is 12.7 Å². The molecule has 2 N–H and O–H groups in total. The first-order valence-corrected chi connectivity index (χ1v) is 8.55. The Balaban J connectivity index is 1.86. The van der Waals surface area contributed by atoms with E-state index in [0.717, 1.165) is 13.0 Å². The summed E-state index contributed by atoms with van der Waals surface area (Å²) in [5.74, 6) is 0. The summed E-state index contributed by atoms with van der Waals surface area (Å²) in [7, 11) is -3.39. The average Bonchev–Trinajstić information content (AvgIpc) is 2.37. The van der Waals surface area contributed by atoms with Crippen molar-refractivity contribution >= 4 is 10.2 Å². The maximum atomic E-state index is 12.3. The molecule has 0 spiro atoms. The van der Waals surface area contributed by atoms with Crippen molar-refractivity contribution in [1.29, 1.82) is 0 Å². The molecule has 0 aromatic carbocycles. The molecule has 2 rings (SSSR count). The van der Waals surface area contributed by atoms with E-state index in [1.165, 1.54) is 17.1 Å². The van der Waals surface area contributed by atoms with Gasteiger partial charge >= 0.3 is 0 Å². The van der Waals surface area contributed by atoms with Crippen molar-refractivity contribution in [3.8, 4) is 0 Å². The summed E-state index contributed by atoms with van der Waals surface area (Å²) in [6, 6.07) is 0.263. The molecule has 2 saturated heterocycles. The quantitative estimate of drug-likeness (QED) is 0.769. The Labute approximate surface area is 116 Å². The number of ether oxygens (including phenoxy) is 1. The molecule has 2 heterocycles. The number of nitrogens with zero attached hydrogens (tertiary/aromatic N) is 1. The molecule has 0 saturated carbocycles. The first-order chi connectivity index (χ1) is 8.97. The number of hydrogen-bond donors (Lipinski definition) is 2. The number of nitrogens with one attached hydrogen (secondary N) is 2. The third-order valence-electron chi connectivity index (χ3n) is 3.65. The third kappa shape index (κ3) is 4.39. The predicted molar refractivity (Wildman–Crippen MR) is 74.1 cm³/mol. The average molecular weight is 291 g/mol. The largest absolute Gasteiger partial charge is 0.373 e. The van der Waals surface area contributed by atoms with Crippen molar-refractivity contribution in [1.82, 2.24) is 14.3 Å². The standard InChI is InChI=1S/C12H25N3O3S/c1-10-8-15(9-11(2)18-10)19(16,17)14-7-12-5-3-4-6-13-12/h10-14H,3-9H2,1-2H3. The number of morpholine rings is 1. The van der Waals surface area contributed by atoms with E-state index >= 15 is 0 Å². The van der Waals surface area contributed by atoms with Gasteiger partial charge in [0.1, 0.15) is 0 Å². The fourth-order valence-electron chi connectivity index (χ4n) is 2.72. The Bertz CT molecular complexity index is 372. The van der Waals surface area contributed by atoms with Gasteiger partial charge in [-0.15, -0.1) is 0 Å². The van der Waals surface area contributed by atoms with Gasteiger partial charge in [0.15, 0.2) is 0 Å². The maximum Gasteiger partial charge on any atom is 0.279 e. The molecule has 0 aliphatic carbocycles. The van der Waals surface area contributed by atoms with Gasteiger partial charge in [0.25, 0.3) is 10.2 Å². The topological polar surface area (TPSA) is 70.7 Å². The summed E-state index contributed by atoms with van der Waals surface area (Å²) in [6.07, 6.45) is 3.30. The lowest BCUT2D eigenvalue weighted by Gasteiger charge is -2.34.